The molecule has 1 saturated carbocycles. The van der Waals surface area contributed by atoms with Crippen LogP contribution in [-0.4, -0.2) is 35.7 Å². The third-order valence-electron chi connectivity index (χ3n) is 3.29. The van der Waals surface area contributed by atoms with Crippen LogP contribution < -0.4 is 10.1 Å². The molecule has 1 amide bonds. The molecule has 1 aliphatic carbocycles. The van der Waals surface area contributed by atoms with Gasteiger partial charge in [-0.1, -0.05) is 6.07 Å². The number of aliphatic hydroxyl groups excluding tert-OH is 1. The highest BCUT2D eigenvalue weighted by Gasteiger charge is 2.31. The van der Waals surface area contributed by atoms with Crippen LogP contribution in [0.4, 0.5) is 5.69 Å². The Kier molecular flexibility index (Phi) is 4.19. The van der Waals surface area contributed by atoms with Gasteiger partial charge in [0.15, 0.2) is 5.56 Å². The Morgan fingerprint density at radius 2 is 2.30 bits per heavy atom. The molecule has 1 unspecified atom stereocenters. The Bertz CT molecular complexity index is 527. The van der Waals surface area contributed by atoms with E-state index in [1.54, 1.807) is 0 Å². The van der Waals surface area contributed by atoms with Gasteiger partial charge in [-0.25, -0.2) is 0 Å². The summed E-state index contributed by atoms with van der Waals surface area (Å²) in [5, 5.41) is 23.2. The Hall–Kier alpha value is -2.15. The monoisotopic (exact) mass is 280 g/mol. The van der Waals surface area contributed by atoms with Crippen molar-refractivity contribution in [3.63, 3.8) is 0 Å². The van der Waals surface area contributed by atoms with Gasteiger partial charge in [-0.05, 0) is 24.8 Å². The van der Waals surface area contributed by atoms with Gasteiger partial charge < -0.3 is 15.2 Å². The number of carbonyl (C=O) groups excluding carboxylic acids is 1. The van der Waals surface area contributed by atoms with E-state index in [1.165, 1.54) is 25.3 Å². The summed E-state index contributed by atoms with van der Waals surface area (Å²) in [5.41, 5.74) is -0.439. The number of aliphatic hydroxyl groups is 1. The summed E-state index contributed by atoms with van der Waals surface area (Å²) in [6.07, 6.45) is 1.30. The SMILES string of the molecule is COc1cccc([N+](=O)[O-])c1C(=O)NCC(O)C1CC1. The summed E-state index contributed by atoms with van der Waals surface area (Å²) in [6.45, 7) is 0.0820. The van der Waals surface area contributed by atoms with Crippen LogP contribution in [0.3, 0.4) is 0 Å². The molecule has 20 heavy (non-hydrogen) atoms. The molecule has 0 spiro atoms. The maximum absolute atomic E-state index is 12.1. The molecule has 1 fully saturated rings. The van der Waals surface area contributed by atoms with Gasteiger partial charge >= 0.3 is 0 Å². The summed E-state index contributed by atoms with van der Waals surface area (Å²) in [5.74, 6) is -0.255. The lowest BCUT2D eigenvalue weighted by atomic mass is 10.1. The van der Waals surface area contributed by atoms with Crippen molar-refractivity contribution in [3.8, 4) is 5.75 Å². The summed E-state index contributed by atoms with van der Waals surface area (Å²) in [6, 6.07) is 4.18. The topological polar surface area (TPSA) is 102 Å². The first-order valence-electron chi connectivity index (χ1n) is 6.32. The zero-order valence-electron chi connectivity index (χ0n) is 11.0. The smallest absolute Gasteiger partial charge is 0.285 e. The Morgan fingerprint density at radius 1 is 1.60 bits per heavy atom. The number of nitrogens with zero attached hydrogens (tertiary/aromatic N) is 1. The highest BCUT2D eigenvalue weighted by Crippen LogP contribution is 2.32. The van der Waals surface area contributed by atoms with Crippen molar-refractivity contribution >= 4 is 11.6 Å². The lowest BCUT2D eigenvalue weighted by Crippen LogP contribution is -2.33. The van der Waals surface area contributed by atoms with E-state index in [2.05, 4.69) is 5.32 Å². The predicted octanol–water partition coefficient (Wildman–Crippen LogP) is 1.10. The van der Waals surface area contributed by atoms with Crippen LogP contribution in [0.5, 0.6) is 5.75 Å². The second-order valence-electron chi connectivity index (χ2n) is 4.73. The first-order chi connectivity index (χ1) is 9.54. The van der Waals surface area contributed by atoms with Crippen LogP contribution >= 0.6 is 0 Å². The van der Waals surface area contributed by atoms with Crippen LogP contribution in [0.15, 0.2) is 18.2 Å². The third kappa shape index (κ3) is 3.05. The van der Waals surface area contributed by atoms with Crippen molar-refractivity contribution in [3.05, 3.63) is 33.9 Å². The van der Waals surface area contributed by atoms with Crippen molar-refractivity contribution in [2.45, 2.75) is 18.9 Å². The van der Waals surface area contributed by atoms with Crippen LogP contribution in [0.25, 0.3) is 0 Å². The van der Waals surface area contributed by atoms with E-state index >= 15 is 0 Å². The lowest BCUT2D eigenvalue weighted by molar-refractivity contribution is -0.385. The highest BCUT2D eigenvalue weighted by atomic mass is 16.6. The molecule has 0 aromatic heterocycles. The molecular formula is C13H16N2O5. The van der Waals surface area contributed by atoms with Gasteiger partial charge in [0.25, 0.3) is 11.6 Å². The molecule has 1 aromatic carbocycles. The number of amides is 1. The molecule has 0 radical (unpaired) electrons. The minimum atomic E-state index is -0.630. The molecule has 108 valence electrons. The number of hydrogen-bond acceptors (Lipinski definition) is 5. The highest BCUT2D eigenvalue weighted by molar-refractivity contribution is 6.00. The van der Waals surface area contributed by atoms with Crippen LogP contribution in [0, 0.1) is 16.0 Å². The molecule has 0 aliphatic heterocycles. The molecule has 0 bridgehead atoms. The molecular weight excluding hydrogens is 264 g/mol. The zero-order chi connectivity index (χ0) is 14.7. The summed E-state index contributed by atoms with van der Waals surface area (Å²) < 4.78 is 5.00. The van der Waals surface area contributed by atoms with Gasteiger partial charge in [-0.2, -0.15) is 0 Å². The fraction of sp³-hybridized carbons (Fsp3) is 0.462. The van der Waals surface area contributed by atoms with Crippen molar-refractivity contribution in [1.29, 1.82) is 0 Å². The average Bonchev–Trinajstić information content (AvgIpc) is 3.27. The Balaban J connectivity index is 2.16. The number of carbonyl (C=O) groups is 1. The molecule has 1 aromatic rings. The van der Waals surface area contributed by atoms with Crippen molar-refractivity contribution in [1.82, 2.24) is 5.32 Å². The van der Waals surface area contributed by atoms with E-state index in [9.17, 15) is 20.0 Å². The van der Waals surface area contributed by atoms with Gasteiger partial charge in [0, 0.05) is 12.6 Å². The van der Waals surface area contributed by atoms with E-state index in [1.807, 2.05) is 0 Å². The van der Waals surface area contributed by atoms with E-state index in [0.717, 1.165) is 12.8 Å². The number of nitrogens with one attached hydrogen (secondary N) is 1. The number of nitro benzene ring substituents is 1. The molecule has 7 heteroatoms. The number of rotatable bonds is 6. The van der Waals surface area contributed by atoms with E-state index in [-0.39, 0.29) is 29.5 Å². The fourth-order valence-electron chi connectivity index (χ4n) is 2.00. The fourth-order valence-corrected chi connectivity index (χ4v) is 2.00. The van der Waals surface area contributed by atoms with Crippen molar-refractivity contribution in [2.24, 2.45) is 5.92 Å². The second-order valence-corrected chi connectivity index (χ2v) is 4.73. The van der Waals surface area contributed by atoms with E-state index in [4.69, 9.17) is 4.74 Å². The first-order valence-corrected chi connectivity index (χ1v) is 6.32. The quantitative estimate of drug-likeness (QED) is 0.600. The summed E-state index contributed by atoms with van der Waals surface area (Å²) in [4.78, 5) is 22.4. The largest absolute Gasteiger partial charge is 0.496 e. The minimum Gasteiger partial charge on any atom is -0.496 e. The van der Waals surface area contributed by atoms with E-state index in [0.29, 0.717) is 0 Å². The Labute approximate surface area is 115 Å². The molecule has 7 nitrogen and oxygen atoms in total. The van der Waals surface area contributed by atoms with Crippen molar-refractivity contribution in [2.75, 3.05) is 13.7 Å². The number of benzene rings is 1. The van der Waals surface area contributed by atoms with E-state index < -0.39 is 16.9 Å². The molecule has 2 N–H and O–H groups in total. The average molecular weight is 280 g/mol. The molecule has 2 rings (SSSR count). The minimum absolute atomic E-state index is 0.0820. The molecule has 0 saturated heterocycles. The summed E-state index contributed by atoms with van der Waals surface area (Å²) in [7, 11) is 1.34. The standard InChI is InChI=1S/C13H16N2O5/c1-20-11-4-2-3-9(15(18)19)12(11)13(17)14-7-10(16)8-5-6-8/h2-4,8,10,16H,5-7H2,1H3,(H,14,17). The van der Waals surface area contributed by atoms with Gasteiger partial charge in [-0.15, -0.1) is 0 Å². The maximum atomic E-state index is 12.1. The molecule has 1 aliphatic rings. The second kappa shape index (κ2) is 5.87. The first kappa shape index (κ1) is 14.3. The number of hydrogen-bond donors (Lipinski definition) is 2. The maximum Gasteiger partial charge on any atom is 0.285 e. The normalized spacial score (nSPS) is 15.5. The van der Waals surface area contributed by atoms with Crippen molar-refractivity contribution < 1.29 is 19.6 Å². The Morgan fingerprint density at radius 3 is 2.85 bits per heavy atom. The number of ether oxygens (including phenoxy) is 1. The van der Waals surface area contributed by atoms with Crippen LogP contribution in [0.2, 0.25) is 0 Å². The number of nitro groups is 1. The zero-order valence-corrected chi connectivity index (χ0v) is 11.0. The predicted molar refractivity (Wildman–Crippen MR) is 70.7 cm³/mol. The van der Waals surface area contributed by atoms with Gasteiger partial charge in [0.2, 0.25) is 0 Å². The van der Waals surface area contributed by atoms with Crippen LogP contribution in [0.1, 0.15) is 23.2 Å². The molecule has 0 heterocycles. The lowest BCUT2D eigenvalue weighted by Gasteiger charge is -2.12. The van der Waals surface area contributed by atoms with Gasteiger partial charge in [0.05, 0.1) is 18.1 Å². The molecule has 1 atom stereocenters. The van der Waals surface area contributed by atoms with Gasteiger partial charge in [0.1, 0.15) is 5.75 Å². The third-order valence-corrected chi connectivity index (χ3v) is 3.29. The van der Waals surface area contributed by atoms with Gasteiger partial charge in [-0.3, -0.25) is 14.9 Å². The van der Waals surface area contributed by atoms with Crippen LogP contribution in [-0.2, 0) is 0 Å². The summed E-state index contributed by atoms with van der Waals surface area (Å²) >= 11 is 0. The number of methoxy groups -OCH3 is 1.